The number of fused-ring (bicyclic) bond motifs is 1. The SMILES string of the molecule is COCCN1C(=O)c2ccccc2C(C(=O)N(C)c2ccccc2Cl)C1c1cccs1. The Bertz CT molecular complexity index is 1090. The van der Waals surface area contributed by atoms with Crippen molar-refractivity contribution in [3.8, 4) is 0 Å². The lowest BCUT2D eigenvalue weighted by Crippen LogP contribution is -2.48. The standard InChI is InChI=1S/C24H23ClN2O3S/c1-26(19-11-6-5-10-18(19)25)24(29)21-16-8-3-4-9-17(16)23(28)27(13-14-30-2)22(21)20-12-7-15-31-20/h3-12,15,21-22H,13-14H2,1-2H3. The number of halogens is 1. The number of nitrogens with zero attached hydrogens (tertiary/aromatic N) is 2. The lowest BCUT2D eigenvalue weighted by Gasteiger charge is -2.42. The van der Waals surface area contributed by atoms with Crippen molar-refractivity contribution in [2.45, 2.75) is 12.0 Å². The first-order valence-electron chi connectivity index (χ1n) is 9.99. The minimum atomic E-state index is -0.564. The number of ether oxygens (including phenoxy) is 1. The van der Waals surface area contributed by atoms with E-state index in [9.17, 15) is 9.59 Å². The minimum Gasteiger partial charge on any atom is -0.383 e. The third-order valence-electron chi connectivity index (χ3n) is 5.62. The molecule has 0 saturated carbocycles. The number of hydrogen-bond donors (Lipinski definition) is 0. The van der Waals surface area contributed by atoms with Crippen LogP contribution in [-0.4, -0.2) is 44.0 Å². The number of rotatable bonds is 6. The van der Waals surface area contributed by atoms with Crippen molar-refractivity contribution in [1.29, 1.82) is 0 Å². The van der Waals surface area contributed by atoms with Crippen LogP contribution in [0.1, 0.15) is 32.8 Å². The van der Waals surface area contributed by atoms with Gasteiger partial charge in [0.25, 0.3) is 5.91 Å². The van der Waals surface area contributed by atoms with Crippen molar-refractivity contribution in [1.82, 2.24) is 4.90 Å². The summed E-state index contributed by atoms with van der Waals surface area (Å²) >= 11 is 7.93. The molecule has 2 aromatic carbocycles. The zero-order valence-electron chi connectivity index (χ0n) is 17.3. The van der Waals surface area contributed by atoms with Crippen LogP contribution < -0.4 is 4.90 Å². The fourth-order valence-corrected chi connectivity index (χ4v) is 5.26. The molecule has 2 heterocycles. The van der Waals surface area contributed by atoms with Crippen LogP contribution in [0.15, 0.2) is 66.0 Å². The molecule has 4 rings (SSSR count). The number of thiophene rings is 1. The maximum absolute atomic E-state index is 13.9. The van der Waals surface area contributed by atoms with Gasteiger partial charge in [-0.15, -0.1) is 11.3 Å². The molecule has 1 aliphatic heterocycles. The number of para-hydroxylation sites is 1. The summed E-state index contributed by atoms with van der Waals surface area (Å²) in [5, 5.41) is 2.47. The Morgan fingerprint density at radius 1 is 1.13 bits per heavy atom. The number of benzene rings is 2. The van der Waals surface area contributed by atoms with Gasteiger partial charge in [-0.05, 0) is 35.2 Å². The van der Waals surface area contributed by atoms with E-state index >= 15 is 0 Å². The number of methoxy groups -OCH3 is 1. The van der Waals surface area contributed by atoms with E-state index in [1.807, 2.05) is 53.9 Å². The van der Waals surface area contributed by atoms with Crippen LogP contribution in [0, 0.1) is 0 Å². The zero-order chi connectivity index (χ0) is 22.0. The number of anilines is 1. The fourth-order valence-electron chi connectivity index (χ4n) is 4.12. The molecule has 2 unspecified atom stereocenters. The summed E-state index contributed by atoms with van der Waals surface area (Å²) in [6.45, 7) is 0.781. The molecule has 5 nitrogen and oxygen atoms in total. The monoisotopic (exact) mass is 454 g/mol. The van der Waals surface area contributed by atoms with Crippen molar-refractivity contribution in [2.75, 3.05) is 32.2 Å². The van der Waals surface area contributed by atoms with Crippen molar-refractivity contribution >= 4 is 40.4 Å². The van der Waals surface area contributed by atoms with Gasteiger partial charge in [0.2, 0.25) is 5.91 Å². The van der Waals surface area contributed by atoms with E-state index in [2.05, 4.69) is 0 Å². The van der Waals surface area contributed by atoms with Crippen molar-refractivity contribution < 1.29 is 14.3 Å². The second-order valence-electron chi connectivity index (χ2n) is 7.37. The Morgan fingerprint density at radius 2 is 1.87 bits per heavy atom. The summed E-state index contributed by atoms with van der Waals surface area (Å²) in [4.78, 5) is 31.7. The molecule has 2 atom stereocenters. The first-order chi connectivity index (χ1) is 15.0. The van der Waals surface area contributed by atoms with E-state index in [1.165, 1.54) is 0 Å². The molecule has 31 heavy (non-hydrogen) atoms. The lowest BCUT2D eigenvalue weighted by molar-refractivity contribution is -0.121. The molecule has 1 aromatic heterocycles. The van der Waals surface area contributed by atoms with Gasteiger partial charge >= 0.3 is 0 Å². The van der Waals surface area contributed by atoms with Gasteiger partial charge in [0.05, 0.1) is 29.3 Å². The number of likely N-dealkylation sites (N-methyl/N-ethyl adjacent to an activating group) is 1. The fraction of sp³-hybridized carbons (Fsp3) is 0.250. The van der Waals surface area contributed by atoms with Gasteiger partial charge in [0, 0.05) is 31.1 Å². The zero-order valence-corrected chi connectivity index (χ0v) is 18.9. The molecule has 0 aliphatic carbocycles. The second kappa shape index (κ2) is 9.22. The average Bonchev–Trinajstić information content (AvgIpc) is 3.32. The van der Waals surface area contributed by atoms with Crippen molar-refractivity contribution in [3.05, 3.63) is 87.1 Å². The first-order valence-corrected chi connectivity index (χ1v) is 11.2. The summed E-state index contributed by atoms with van der Waals surface area (Å²) in [5.41, 5.74) is 1.93. The summed E-state index contributed by atoms with van der Waals surface area (Å²) in [6, 6.07) is 18.1. The molecule has 7 heteroatoms. The van der Waals surface area contributed by atoms with Gasteiger partial charge < -0.3 is 14.5 Å². The Kier molecular flexibility index (Phi) is 6.41. The Hall–Kier alpha value is -2.67. The van der Waals surface area contributed by atoms with E-state index < -0.39 is 12.0 Å². The van der Waals surface area contributed by atoms with Gasteiger partial charge in [-0.1, -0.05) is 48.0 Å². The highest BCUT2D eigenvalue weighted by atomic mass is 35.5. The lowest BCUT2D eigenvalue weighted by atomic mass is 9.81. The highest BCUT2D eigenvalue weighted by molar-refractivity contribution is 7.10. The molecule has 0 spiro atoms. The third kappa shape index (κ3) is 3.99. The molecule has 2 amide bonds. The minimum absolute atomic E-state index is 0.0875. The molecule has 0 N–H and O–H groups in total. The smallest absolute Gasteiger partial charge is 0.254 e. The summed E-state index contributed by atoms with van der Waals surface area (Å²) in [6.07, 6.45) is 0. The first kappa shape index (κ1) is 21.6. The van der Waals surface area contributed by atoms with E-state index in [-0.39, 0.29) is 11.8 Å². The summed E-state index contributed by atoms with van der Waals surface area (Å²) in [5.74, 6) is -0.768. The van der Waals surface area contributed by atoms with E-state index in [0.717, 1.165) is 10.4 Å². The van der Waals surface area contributed by atoms with Gasteiger partial charge in [-0.2, -0.15) is 0 Å². The van der Waals surface area contributed by atoms with Crippen LogP contribution in [0.4, 0.5) is 5.69 Å². The molecule has 0 saturated heterocycles. The molecule has 1 aliphatic rings. The van der Waals surface area contributed by atoms with E-state index in [0.29, 0.717) is 29.4 Å². The largest absolute Gasteiger partial charge is 0.383 e. The van der Waals surface area contributed by atoms with Crippen molar-refractivity contribution in [3.63, 3.8) is 0 Å². The third-order valence-corrected chi connectivity index (χ3v) is 6.88. The van der Waals surface area contributed by atoms with Crippen LogP contribution in [0.25, 0.3) is 0 Å². The molecule has 0 fully saturated rings. The Balaban J connectivity index is 1.85. The normalized spacial score (nSPS) is 18.0. The van der Waals surface area contributed by atoms with Gasteiger partial charge in [-0.3, -0.25) is 9.59 Å². The van der Waals surface area contributed by atoms with E-state index in [4.69, 9.17) is 16.3 Å². The maximum atomic E-state index is 13.9. The number of hydrogen-bond acceptors (Lipinski definition) is 4. The van der Waals surface area contributed by atoms with Gasteiger partial charge in [0.15, 0.2) is 0 Å². The average molecular weight is 455 g/mol. The highest BCUT2D eigenvalue weighted by Gasteiger charge is 2.45. The number of carbonyl (C=O) groups excluding carboxylic acids is 2. The maximum Gasteiger partial charge on any atom is 0.254 e. The molecule has 3 aromatic rings. The quantitative estimate of drug-likeness (QED) is 0.527. The highest BCUT2D eigenvalue weighted by Crippen LogP contribution is 2.45. The van der Waals surface area contributed by atoms with E-state index in [1.54, 1.807) is 47.4 Å². The molecular formula is C24H23ClN2O3S. The Morgan fingerprint density at radius 3 is 2.58 bits per heavy atom. The van der Waals surface area contributed by atoms with Crippen molar-refractivity contribution in [2.24, 2.45) is 0 Å². The number of carbonyl (C=O) groups is 2. The molecule has 0 radical (unpaired) electrons. The van der Waals surface area contributed by atoms with Crippen LogP contribution in [-0.2, 0) is 9.53 Å². The Labute approximate surface area is 190 Å². The van der Waals surface area contributed by atoms with Crippen LogP contribution in [0.3, 0.4) is 0 Å². The predicted molar refractivity (Wildman–Crippen MR) is 124 cm³/mol. The van der Waals surface area contributed by atoms with Crippen LogP contribution in [0.2, 0.25) is 5.02 Å². The summed E-state index contributed by atoms with van der Waals surface area (Å²) in [7, 11) is 3.34. The summed E-state index contributed by atoms with van der Waals surface area (Å²) < 4.78 is 5.27. The number of amides is 2. The molecular weight excluding hydrogens is 432 g/mol. The predicted octanol–water partition coefficient (Wildman–Crippen LogP) is 4.99. The molecule has 0 bridgehead atoms. The van der Waals surface area contributed by atoms with Crippen LogP contribution in [0.5, 0.6) is 0 Å². The second-order valence-corrected chi connectivity index (χ2v) is 8.75. The van der Waals surface area contributed by atoms with Gasteiger partial charge in [-0.25, -0.2) is 0 Å². The topological polar surface area (TPSA) is 49.9 Å². The van der Waals surface area contributed by atoms with Crippen LogP contribution >= 0.6 is 22.9 Å². The molecule has 160 valence electrons. The van der Waals surface area contributed by atoms with Gasteiger partial charge in [0.1, 0.15) is 0 Å².